The molecule has 4 rings (SSSR count). The van der Waals surface area contributed by atoms with E-state index in [1.807, 2.05) is 15.4 Å². The van der Waals surface area contributed by atoms with Crippen LogP contribution in [0.4, 0.5) is 0 Å². The van der Waals surface area contributed by atoms with E-state index in [1.165, 1.54) is 32.7 Å². The molecule has 0 aromatic heterocycles. The summed E-state index contributed by atoms with van der Waals surface area (Å²) in [6.45, 7) is 8.53. The predicted molar refractivity (Wildman–Crippen MR) is 107 cm³/mol. The maximum absolute atomic E-state index is 4.56. The second-order valence-electron chi connectivity index (χ2n) is 5.64. The molecule has 0 saturated heterocycles. The van der Waals surface area contributed by atoms with Crippen molar-refractivity contribution in [2.24, 2.45) is 0 Å². The minimum atomic E-state index is 1.04. The van der Waals surface area contributed by atoms with E-state index in [2.05, 4.69) is 96.7 Å². The molecule has 0 bridgehead atoms. The Hall–Kier alpha value is -2.04. The first-order valence-corrected chi connectivity index (χ1v) is 9.40. The van der Waals surface area contributed by atoms with Crippen LogP contribution < -0.4 is 0 Å². The van der Waals surface area contributed by atoms with E-state index in [9.17, 15) is 0 Å². The third kappa shape index (κ3) is 2.88. The van der Waals surface area contributed by atoms with Gasteiger partial charge in [-0.15, -0.1) is 12.1 Å². The molecule has 0 atom stereocenters. The normalized spacial score (nSPS) is 10.5. The molecule has 0 aliphatic heterocycles. The summed E-state index contributed by atoms with van der Waals surface area (Å²) in [6, 6.07) is 25.4. The summed E-state index contributed by atoms with van der Waals surface area (Å²) in [6.07, 6.45) is 0. The zero-order valence-electron chi connectivity index (χ0n) is 13.3. The molecule has 0 aliphatic rings. The van der Waals surface area contributed by atoms with Crippen molar-refractivity contribution < 1.29 is 0 Å². The molecule has 0 unspecified atom stereocenters. The molecule has 0 radical (unpaired) electrons. The van der Waals surface area contributed by atoms with Gasteiger partial charge >= 0.3 is 25.4 Å². The largest absolute Gasteiger partial charge is 0.199 e. The van der Waals surface area contributed by atoms with E-state index < -0.39 is 0 Å². The van der Waals surface area contributed by atoms with Crippen LogP contribution in [0, 0.1) is 13.8 Å². The average Bonchev–Trinajstić information content (AvgIpc) is 2.64. The summed E-state index contributed by atoms with van der Waals surface area (Å²) in [4.78, 5) is 0. The summed E-state index contributed by atoms with van der Waals surface area (Å²) in [5, 5.41) is 4.93. The van der Waals surface area contributed by atoms with Gasteiger partial charge in [0.15, 0.2) is 0 Å². The summed E-state index contributed by atoms with van der Waals surface area (Å²) in [7, 11) is 4.56. The Labute approximate surface area is 155 Å². The third-order valence-electron chi connectivity index (χ3n) is 4.28. The Morgan fingerprint density at radius 2 is 0.917 bits per heavy atom. The fraction of sp³-hybridized carbons (Fsp3) is 0. The van der Waals surface area contributed by atoms with E-state index in [0.717, 1.165) is 11.1 Å². The Morgan fingerprint density at radius 3 is 1.33 bits per heavy atom. The number of halogens is 1. The Balaban J connectivity index is 0.000000815. The molecule has 24 heavy (non-hydrogen) atoms. The van der Waals surface area contributed by atoms with Gasteiger partial charge < -0.3 is 0 Å². The van der Waals surface area contributed by atoms with Gasteiger partial charge in [-0.3, -0.25) is 0 Å². The van der Waals surface area contributed by atoms with Crippen LogP contribution in [0.3, 0.4) is 0 Å². The van der Waals surface area contributed by atoms with Crippen LogP contribution in [0.25, 0.3) is 32.7 Å². The maximum atomic E-state index is 4.56. The van der Waals surface area contributed by atoms with Crippen LogP contribution in [-0.4, -0.2) is 15.4 Å². The van der Waals surface area contributed by atoms with Crippen molar-refractivity contribution in [3.05, 3.63) is 97.8 Å². The van der Waals surface area contributed by atoms with Gasteiger partial charge in [0.25, 0.3) is 0 Å². The van der Waals surface area contributed by atoms with Gasteiger partial charge in [-0.05, 0) is 10.8 Å². The van der Waals surface area contributed by atoms with E-state index in [1.54, 1.807) is 0 Å². The molecule has 0 saturated carbocycles. The average molecular weight is 343 g/mol. The second kappa shape index (κ2) is 7.24. The van der Waals surface area contributed by atoms with Crippen molar-refractivity contribution in [1.82, 2.24) is 0 Å². The van der Waals surface area contributed by atoms with Gasteiger partial charge in [0.2, 0.25) is 0 Å². The monoisotopic (exact) mass is 342 g/mol. The molecular formula is C22H16AlCl. The third-order valence-corrected chi connectivity index (χ3v) is 4.28. The summed E-state index contributed by atoms with van der Waals surface area (Å²) in [5.74, 6) is 0. The molecule has 114 valence electrons. The molecule has 4 aromatic rings. The van der Waals surface area contributed by atoms with E-state index >= 15 is 0 Å². The van der Waals surface area contributed by atoms with Gasteiger partial charge in [0, 0.05) is 0 Å². The predicted octanol–water partition coefficient (Wildman–Crippen LogP) is 6.33. The van der Waals surface area contributed by atoms with Gasteiger partial charge in [-0.25, -0.2) is 0 Å². The smallest absolute Gasteiger partial charge is 0.0431 e. The zero-order chi connectivity index (χ0) is 17.1. The first-order chi connectivity index (χ1) is 11.8. The molecule has 4 aromatic carbocycles. The first kappa shape index (κ1) is 16.8. The Bertz CT molecular complexity index is 922. The van der Waals surface area contributed by atoms with Gasteiger partial charge in [0.05, 0.1) is 0 Å². The van der Waals surface area contributed by atoms with E-state index in [4.69, 9.17) is 0 Å². The number of benzene rings is 4. The minimum Gasteiger partial charge on any atom is -0.199 e. The standard InChI is InChI=1S/C22H16.Al.ClH/c1-15-11-13-17-7-3-5-9-19(17)21(15)22-16(2)12-14-18-8-4-6-10-20(18)22;;/h3-14H,1-2H2;;1H/q-2;+3;/p-1. The molecule has 0 fully saturated rings. The van der Waals surface area contributed by atoms with Crippen molar-refractivity contribution in [1.29, 1.82) is 0 Å². The minimum absolute atomic E-state index is 1.04. The molecule has 0 amide bonds. The van der Waals surface area contributed by atoms with Crippen LogP contribution in [0.1, 0.15) is 11.1 Å². The topological polar surface area (TPSA) is 0 Å². The van der Waals surface area contributed by atoms with Crippen LogP contribution in [0.2, 0.25) is 0 Å². The molecule has 0 heterocycles. The molecule has 2 heteroatoms. The van der Waals surface area contributed by atoms with Gasteiger partial charge in [-0.1, -0.05) is 59.3 Å². The van der Waals surface area contributed by atoms with Crippen molar-refractivity contribution in [2.75, 3.05) is 0 Å². The second-order valence-corrected chi connectivity index (χ2v) is 5.64. The van der Waals surface area contributed by atoms with Crippen LogP contribution >= 0.6 is 10.0 Å². The van der Waals surface area contributed by atoms with Crippen molar-refractivity contribution in [2.45, 2.75) is 0 Å². The summed E-state index contributed by atoms with van der Waals surface area (Å²) < 4.78 is 0. The summed E-state index contributed by atoms with van der Waals surface area (Å²) in [5.41, 5.74) is 4.47. The van der Waals surface area contributed by atoms with Crippen LogP contribution in [-0.2, 0) is 0 Å². The van der Waals surface area contributed by atoms with E-state index in [0.29, 0.717) is 0 Å². The van der Waals surface area contributed by atoms with Crippen LogP contribution in [0.5, 0.6) is 0 Å². The molecule has 0 nitrogen and oxygen atoms in total. The number of rotatable bonds is 1. The number of fused-ring (bicyclic) bond motifs is 2. The Morgan fingerprint density at radius 1 is 0.542 bits per heavy atom. The van der Waals surface area contributed by atoms with Crippen LogP contribution in [0.15, 0.2) is 72.8 Å². The molecular weight excluding hydrogens is 327 g/mol. The fourth-order valence-electron chi connectivity index (χ4n) is 3.22. The molecule has 0 spiro atoms. The molecule has 0 aliphatic carbocycles. The quantitative estimate of drug-likeness (QED) is 0.280. The molecule has 0 N–H and O–H groups in total. The number of hydrogen-bond acceptors (Lipinski definition) is 0. The number of hydrogen-bond donors (Lipinski definition) is 0. The van der Waals surface area contributed by atoms with Gasteiger partial charge in [0.1, 0.15) is 0 Å². The van der Waals surface area contributed by atoms with Gasteiger partial charge in [-0.2, -0.15) is 48.2 Å². The van der Waals surface area contributed by atoms with Crippen molar-refractivity contribution in [3.63, 3.8) is 0 Å². The van der Waals surface area contributed by atoms with Crippen molar-refractivity contribution >= 4 is 47.0 Å². The maximum Gasteiger partial charge on any atom is -0.0431 e. The van der Waals surface area contributed by atoms with Crippen molar-refractivity contribution in [3.8, 4) is 11.1 Å². The fourth-order valence-corrected chi connectivity index (χ4v) is 3.22. The SMILES string of the molecule is [Al+2][Cl].[CH2-]c1ccc2ccccc2c1-c1c([CH2-])ccc2ccccc12. The first-order valence-electron chi connectivity index (χ1n) is 7.65. The summed E-state index contributed by atoms with van der Waals surface area (Å²) >= 11 is 1.89. The Kier molecular flexibility index (Phi) is 5.07. The van der Waals surface area contributed by atoms with E-state index in [-0.39, 0.29) is 0 Å². The zero-order valence-corrected chi connectivity index (χ0v) is 15.2.